The van der Waals surface area contributed by atoms with Gasteiger partial charge in [-0.1, -0.05) is 0 Å². The van der Waals surface area contributed by atoms with Crippen LogP contribution in [0.1, 0.15) is 0 Å². The molecule has 18 heavy (non-hydrogen) atoms. The molecule has 0 fully saturated rings. The van der Waals surface area contributed by atoms with Gasteiger partial charge >= 0.3 is 6.03 Å². The van der Waals surface area contributed by atoms with Crippen LogP contribution in [0.15, 0.2) is 43.0 Å². The number of fused-ring (bicyclic) bond motifs is 1. The van der Waals surface area contributed by atoms with Crippen molar-refractivity contribution < 1.29 is 4.79 Å². The van der Waals surface area contributed by atoms with Crippen LogP contribution in [0, 0.1) is 6.07 Å². The zero-order valence-corrected chi connectivity index (χ0v) is 9.37. The molecular weight excluding hydrogens is 228 g/mol. The third-order valence-corrected chi connectivity index (χ3v) is 2.70. The first kappa shape index (κ1) is 10.5. The van der Waals surface area contributed by atoms with Gasteiger partial charge < -0.3 is 5.73 Å². The van der Waals surface area contributed by atoms with Crippen LogP contribution in [-0.2, 0) is 0 Å². The van der Waals surface area contributed by atoms with E-state index in [1.54, 1.807) is 18.6 Å². The van der Waals surface area contributed by atoms with Gasteiger partial charge in [0.25, 0.3) is 0 Å². The lowest BCUT2D eigenvalue weighted by atomic mass is 10.1. The van der Waals surface area contributed by atoms with Crippen molar-refractivity contribution in [3.8, 4) is 11.1 Å². The summed E-state index contributed by atoms with van der Waals surface area (Å²) < 4.78 is 1.27. The predicted molar refractivity (Wildman–Crippen MR) is 66.8 cm³/mol. The summed E-state index contributed by atoms with van der Waals surface area (Å²) in [5.41, 5.74) is 7.70. The van der Waals surface area contributed by atoms with Crippen LogP contribution in [0.5, 0.6) is 0 Å². The molecule has 5 nitrogen and oxygen atoms in total. The molecule has 3 aromatic heterocycles. The van der Waals surface area contributed by atoms with E-state index in [0.717, 1.165) is 16.5 Å². The molecule has 0 atom stereocenters. The van der Waals surface area contributed by atoms with E-state index in [4.69, 9.17) is 5.73 Å². The van der Waals surface area contributed by atoms with E-state index in [1.807, 2.05) is 18.2 Å². The Balaban J connectivity index is 2.16. The van der Waals surface area contributed by atoms with Gasteiger partial charge in [0.05, 0.1) is 0 Å². The number of hydrogen-bond acceptors (Lipinski definition) is 3. The van der Waals surface area contributed by atoms with Crippen molar-refractivity contribution in [2.24, 2.45) is 5.73 Å². The Morgan fingerprint density at radius 2 is 2.06 bits per heavy atom. The number of rotatable bonds is 1. The first-order valence-corrected chi connectivity index (χ1v) is 5.35. The maximum atomic E-state index is 11.1. The molecule has 3 rings (SSSR count). The number of primary amides is 1. The summed E-state index contributed by atoms with van der Waals surface area (Å²) in [7, 11) is 0. The zero-order chi connectivity index (χ0) is 12.5. The van der Waals surface area contributed by atoms with Gasteiger partial charge in [-0.3, -0.25) is 9.55 Å². The molecule has 0 aliphatic heterocycles. The lowest BCUT2D eigenvalue weighted by Gasteiger charge is -2.02. The van der Waals surface area contributed by atoms with Gasteiger partial charge in [0, 0.05) is 41.8 Å². The molecule has 0 bridgehead atoms. The second-order valence-electron chi connectivity index (χ2n) is 3.81. The quantitative estimate of drug-likeness (QED) is 0.701. The fourth-order valence-electron chi connectivity index (χ4n) is 1.82. The van der Waals surface area contributed by atoms with Crippen molar-refractivity contribution in [3.05, 3.63) is 49.1 Å². The molecule has 0 saturated carbocycles. The average Bonchev–Trinajstić information content (AvgIpc) is 2.82. The van der Waals surface area contributed by atoms with Crippen LogP contribution >= 0.6 is 0 Å². The number of pyridine rings is 2. The van der Waals surface area contributed by atoms with Crippen LogP contribution < -0.4 is 5.73 Å². The maximum absolute atomic E-state index is 11.1. The monoisotopic (exact) mass is 237 g/mol. The molecule has 3 aromatic rings. The second-order valence-corrected chi connectivity index (χ2v) is 3.81. The minimum absolute atomic E-state index is 0.514. The molecule has 0 unspecified atom stereocenters. The van der Waals surface area contributed by atoms with Crippen LogP contribution in [0.25, 0.3) is 22.2 Å². The summed E-state index contributed by atoms with van der Waals surface area (Å²) in [6.45, 7) is 0. The van der Waals surface area contributed by atoms with Crippen molar-refractivity contribution in [2.45, 2.75) is 0 Å². The van der Waals surface area contributed by atoms with E-state index in [-0.39, 0.29) is 0 Å². The Bertz CT molecular complexity index is 718. The topological polar surface area (TPSA) is 73.8 Å². The smallest absolute Gasteiger partial charge is 0.324 e. The highest BCUT2D eigenvalue weighted by molar-refractivity contribution is 5.90. The van der Waals surface area contributed by atoms with Crippen molar-refractivity contribution >= 4 is 17.1 Å². The van der Waals surface area contributed by atoms with Crippen LogP contribution in [0.3, 0.4) is 0 Å². The molecular formula is C13H9N4O. The molecule has 0 aliphatic rings. The fourth-order valence-corrected chi connectivity index (χ4v) is 1.82. The predicted octanol–water partition coefficient (Wildman–Crippen LogP) is 1.83. The van der Waals surface area contributed by atoms with Gasteiger partial charge in [0.15, 0.2) is 0 Å². The molecule has 0 aliphatic carbocycles. The van der Waals surface area contributed by atoms with E-state index in [2.05, 4.69) is 16.0 Å². The number of amides is 1. The van der Waals surface area contributed by atoms with Gasteiger partial charge in [-0.05, 0) is 23.8 Å². The van der Waals surface area contributed by atoms with Gasteiger partial charge in [0.2, 0.25) is 0 Å². The summed E-state index contributed by atoms with van der Waals surface area (Å²) in [6.07, 6.45) is 6.64. The largest absolute Gasteiger partial charge is 0.351 e. The molecule has 87 valence electrons. The first-order chi connectivity index (χ1) is 8.75. The molecule has 0 spiro atoms. The zero-order valence-electron chi connectivity index (χ0n) is 9.37. The third-order valence-electron chi connectivity index (χ3n) is 2.70. The standard InChI is InChI=1S/C13H9N4O/c14-13(18)17-6-3-10-7-11(8-16-12(10)17)9-1-4-15-5-2-9/h1-2,4-8H,(H2,14,18). The second kappa shape index (κ2) is 3.96. The summed E-state index contributed by atoms with van der Waals surface area (Å²) >= 11 is 0. The van der Waals surface area contributed by atoms with Crippen molar-refractivity contribution in [1.82, 2.24) is 14.5 Å². The Morgan fingerprint density at radius 1 is 1.28 bits per heavy atom. The fraction of sp³-hybridized carbons (Fsp3) is 0. The number of nitrogens with two attached hydrogens (primary N) is 1. The van der Waals surface area contributed by atoms with E-state index in [0.29, 0.717) is 5.65 Å². The summed E-state index contributed by atoms with van der Waals surface area (Å²) in [6, 6.07) is 8.11. The van der Waals surface area contributed by atoms with Crippen molar-refractivity contribution in [2.75, 3.05) is 0 Å². The number of nitrogens with zero attached hydrogens (tertiary/aromatic N) is 3. The van der Waals surface area contributed by atoms with Crippen LogP contribution in [0.4, 0.5) is 4.79 Å². The number of carbonyl (C=O) groups is 1. The highest BCUT2D eigenvalue weighted by Gasteiger charge is 2.08. The Hall–Kier alpha value is -2.69. The molecule has 0 saturated heterocycles. The summed E-state index contributed by atoms with van der Waals surface area (Å²) in [5.74, 6) is 0. The van der Waals surface area contributed by atoms with Crippen LogP contribution in [-0.4, -0.2) is 20.6 Å². The Labute approximate surface area is 103 Å². The van der Waals surface area contributed by atoms with Gasteiger partial charge in [0.1, 0.15) is 5.65 Å². The average molecular weight is 237 g/mol. The van der Waals surface area contributed by atoms with E-state index in [1.165, 1.54) is 10.8 Å². The highest BCUT2D eigenvalue weighted by atomic mass is 16.2. The number of carbonyl (C=O) groups excluding carboxylic acids is 1. The normalized spacial score (nSPS) is 10.7. The summed E-state index contributed by atoms with van der Waals surface area (Å²) in [5, 5.41) is 0.753. The van der Waals surface area contributed by atoms with Crippen molar-refractivity contribution in [1.29, 1.82) is 0 Å². The molecule has 5 heteroatoms. The number of hydrogen-bond donors (Lipinski definition) is 1. The molecule has 3 heterocycles. The first-order valence-electron chi connectivity index (χ1n) is 5.35. The Kier molecular flexibility index (Phi) is 2.30. The maximum Gasteiger partial charge on any atom is 0.324 e. The van der Waals surface area contributed by atoms with Gasteiger partial charge in [-0.15, -0.1) is 0 Å². The van der Waals surface area contributed by atoms with Crippen molar-refractivity contribution in [3.63, 3.8) is 0 Å². The molecule has 1 amide bonds. The molecule has 1 radical (unpaired) electrons. The number of aromatic nitrogens is 3. The lowest BCUT2D eigenvalue weighted by Crippen LogP contribution is -2.18. The lowest BCUT2D eigenvalue weighted by molar-refractivity contribution is 0.251. The SMILES string of the molecule is NC(=O)n1c[c]c2cc(-c3ccncc3)cnc21. The van der Waals surface area contributed by atoms with Gasteiger partial charge in [-0.2, -0.15) is 0 Å². The van der Waals surface area contributed by atoms with E-state index < -0.39 is 6.03 Å². The minimum Gasteiger partial charge on any atom is -0.351 e. The van der Waals surface area contributed by atoms with E-state index in [9.17, 15) is 4.79 Å². The van der Waals surface area contributed by atoms with E-state index >= 15 is 0 Å². The van der Waals surface area contributed by atoms with Gasteiger partial charge in [-0.25, -0.2) is 9.78 Å². The molecule has 0 aromatic carbocycles. The summed E-state index contributed by atoms with van der Waals surface area (Å²) in [4.78, 5) is 19.4. The highest BCUT2D eigenvalue weighted by Crippen LogP contribution is 2.22. The third kappa shape index (κ3) is 1.62. The minimum atomic E-state index is -0.564. The molecule has 2 N–H and O–H groups in total. The van der Waals surface area contributed by atoms with Crippen LogP contribution in [0.2, 0.25) is 0 Å². The Morgan fingerprint density at radius 3 is 2.78 bits per heavy atom.